The fourth-order valence-electron chi connectivity index (χ4n) is 1.24. The van der Waals surface area contributed by atoms with E-state index >= 15 is 0 Å². The van der Waals surface area contributed by atoms with E-state index in [1.54, 1.807) is 0 Å². The first-order valence-corrected chi connectivity index (χ1v) is 4.60. The van der Waals surface area contributed by atoms with E-state index in [9.17, 15) is 9.59 Å². The fraction of sp³-hybridized carbons (Fsp3) is 0.400. The van der Waals surface area contributed by atoms with Crippen LogP contribution >= 0.6 is 0 Å². The second kappa shape index (κ2) is 5.19. The van der Waals surface area contributed by atoms with Gasteiger partial charge in [-0.25, -0.2) is 9.59 Å². The molecule has 0 radical (unpaired) electrons. The number of carboxylic acid groups (broad SMARTS) is 1. The first-order valence-electron chi connectivity index (χ1n) is 4.60. The first-order chi connectivity index (χ1) is 7.15. The SMILES string of the molecule is C=CCOC(=O)N1CCC1/C=C/C(=O)O. The summed E-state index contributed by atoms with van der Waals surface area (Å²) in [6.45, 7) is 4.20. The van der Waals surface area contributed by atoms with Crippen LogP contribution in [0.3, 0.4) is 0 Å². The maximum Gasteiger partial charge on any atom is 0.410 e. The molecule has 82 valence electrons. The monoisotopic (exact) mass is 211 g/mol. The summed E-state index contributed by atoms with van der Waals surface area (Å²) in [4.78, 5) is 23.0. The molecule has 0 saturated carbocycles. The number of hydrogen-bond acceptors (Lipinski definition) is 3. The van der Waals surface area contributed by atoms with Gasteiger partial charge in [0.15, 0.2) is 0 Å². The molecule has 1 N–H and O–H groups in total. The highest BCUT2D eigenvalue weighted by Crippen LogP contribution is 2.19. The second-order valence-corrected chi connectivity index (χ2v) is 3.11. The molecule has 1 aliphatic heterocycles. The van der Waals surface area contributed by atoms with Crippen molar-refractivity contribution in [3.63, 3.8) is 0 Å². The zero-order valence-electron chi connectivity index (χ0n) is 8.26. The molecule has 1 atom stereocenters. The number of carbonyl (C=O) groups is 2. The largest absolute Gasteiger partial charge is 0.478 e. The molecule has 1 saturated heterocycles. The third kappa shape index (κ3) is 3.12. The van der Waals surface area contributed by atoms with Gasteiger partial charge in [0.1, 0.15) is 6.61 Å². The summed E-state index contributed by atoms with van der Waals surface area (Å²) in [6.07, 6.45) is 4.35. The molecule has 0 aromatic heterocycles. The molecule has 0 spiro atoms. The van der Waals surface area contributed by atoms with Crippen molar-refractivity contribution in [3.05, 3.63) is 24.8 Å². The van der Waals surface area contributed by atoms with Crippen LogP contribution < -0.4 is 0 Å². The number of nitrogens with zero attached hydrogens (tertiary/aromatic N) is 1. The molecule has 1 rings (SSSR count). The van der Waals surface area contributed by atoms with Gasteiger partial charge in [-0.05, 0) is 6.42 Å². The standard InChI is InChI=1S/C10H13NO4/c1-2-7-15-10(14)11-6-5-8(11)3-4-9(12)13/h2-4,8H,1,5-7H2,(H,12,13)/b4-3+. The number of amides is 1. The van der Waals surface area contributed by atoms with Gasteiger partial charge in [-0.3, -0.25) is 0 Å². The number of hydrogen-bond donors (Lipinski definition) is 1. The van der Waals surface area contributed by atoms with E-state index in [1.165, 1.54) is 17.1 Å². The second-order valence-electron chi connectivity index (χ2n) is 3.11. The molecule has 1 amide bonds. The van der Waals surface area contributed by atoms with Crippen molar-refractivity contribution < 1.29 is 19.4 Å². The molecule has 0 bridgehead atoms. The smallest absolute Gasteiger partial charge is 0.410 e. The highest BCUT2D eigenvalue weighted by atomic mass is 16.6. The van der Waals surface area contributed by atoms with Gasteiger partial charge in [0, 0.05) is 12.6 Å². The van der Waals surface area contributed by atoms with E-state index in [-0.39, 0.29) is 12.6 Å². The summed E-state index contributed by atoms with van der Waals surface area (Å²) in [5.74, 6) is -1.01. The Morgan fingerprint density at radius 3 is 2.80 bits per heavy atom. The number of aliphatic carboxylic acids is 1. The molecular formula is C10H13NO4. The van der Waals surface area contributed by atoms with Gasteiger partial charge in [-0.15, -0.1) is 0 Å². The first kappa shape index (κ1) is 11.3. The maximum atomic E-state index is 11.3. The van der Waals surface area contributed by atoms with Crippen molar-refractivity contribution in [2.75, 3.05) is 13.2 Å². The van der Waals surface area contributed by atoms with Crippen molar-refractivity contribution in [1.29, 1.82) is 0 Å². The topological polar surface area (TPSA) is 66.8 Å². The van der Waals surface area contributed by atoms with Gasteiger partial charge in [0.2, 0.25) is 0 Å². The lowest BCUT2D eigenvalue weighted by Gasteiger charge is -2.37. The van der Waals surface area contributed by atoms with Gasteiger partial charge < -0.3 is 14.7 Å². The number of ether oxygens (including phenoxy) is 1. The Labute approximate surface area is 87.6 Å². The summed E-state index contributed by atoms with van der Waals surface area (Å²) < 4.78 is 4.82. The van der Waals surface area contributed by atoms with Crippen molar-refractivity contribution in [1.82, 2.24) is 4.90 Å². The van der Waals surface area contributed by atoms with Crippen molar-refractivity contribution >= 4 is 12.1 Å². The summed E-state index contributed by atoms with van der Waals surface area (Å²) in [5, 5.41) is 8.41. The average molecular weight is 211 g/mol. The van der Waals surface area contributed by atoms with E-state index in [4.69, 9.17) is 9.84 Å². The predicted molar refractivity (Wildman–Crippen MR) is 53.4 cm³/mol. The Kier molecular flexibility index (Phi) is 3.91. The number of carboxylic acids is 1. The van der Waals surface area contributed by atoms with Crippen molar-refractivity contribution in [3.8, 4) is 0 Å². The van der Waals surface area contributed by atoms with E-state index in [1.807, 2.05) is 0 Å². The average Bonchev–Trinajstić information content (AvgIpc) is 2.12. The van der Waals surface area contributed by atoms with Crippen LogP contribution in [0.25, 0.3) is 0 Å². The Morgan fingerprint density at radius 2 is 2.33 bits per heavy atom. The number of carbonyl (C=O) groups excluding carboxylic acids is 1. The van der Waals surface area contributed by atoms with E-state index in [2.05, 4.69) is 6.58 Å². The van der Waals surface area contributed by atoms with Crippen LogP contribution in [0.4, 0.5) is 4.79 Å². The maximum absolute atomic E-state index is 11.3. The normalized spacial score (nSPS) is 19.7. The lowest BCUT2D eigenvalue weighted by atomic mass is 10.0. The van der Waals surface area contributed by atoms with E-state index < -0.39 is 12.1 Å². The van der Waals surface area contributed by atoms with Crippen molar-refractivity contribution in [2.24, 2.45) is 0 Å². The molecule has 0 aromatic rings. The Hall–Kier alpha value is -1.78. The molecular weight excluding hydrogens is 198 g/mol. The minimum absolute atomic E-state index is 0.154. The molecule has 1 fully saturated rings. The van der Waals surface area contributed by atoms with Crippen LogP contribution in [-0.2, 0) is 9.53 Å². The van der Waals surface area contributed by atoms with Crippen LogP contribution in [0.2, 0.25) is 0 Å². The third-order valence-corrected chi connectivity index (χ3v) is 2.09. The molecule has 0 aromatic carbocycles. The zero-order valence-corrected chi connectivity index (χ0v) is 8.26. The molecule has 1 aliphatic rings. The van der Waals surface area contributed by atoms with Gasteiger partial charge in [-0.2, -0.15) is 0 Å². The summed E-state index contributed by atoms with van der Waals surface area (Å²) >= 11 is 0. The van der Waals surface area contributed by atoms with E-state index in [0.29, 0.717) is 6.54 Å². The number of likely N-dealkylation sites (tertiary alicyclic amines) is 1. The Morgan fingerprint density at radius 1 is 1.60 bits per heavy atom. The van der Waals surface area contributed by atoms with Crippen molar-refractivity contribution in [2.45, 2.75) is 12.5 Å². The summed E-state index contributed by atoms with van der Waals surface area (Å²) in [6, 6.07) is -0.154. The van der Waals surface area contributed by atoms with Gasteiger partial charge in [0.25, 0.3) is 0 Å². The molecule has 5 nitrogen and oxygen atoms in total. The highest BCUT2D eigenvalue weighted by molar-refractivity contribution is 5.80. The molecule has 5 heteroatoms. The minimum Gasteiger partial charge on any atom is -0.478 e. The Bertz CT molecular complexity index is 298. The van der Waals surface area contributed by atoms with Crippen LogP contribution in [0.5, 0.6) is 0 Å². The van der Waals surface area contributed by atoms with Gasteiger partial charge in [0.05, 0.1) is 6.04 Å². The highest BCUT2D eigenvalue weighted by Gasteiger charge is 2.31. The third-order valence-electron chi connectivity index (χ3n) is 2.09. The van der Waals surface area contributed by atoms with Crippen LogP contribution in [0, 0.1) is 0 Å². The van der Waals surface area contributed by atoms with Crippen LogP contribution in [-0.4, -0.2) is 41.3 Å². The fourth-order valence-corrected chi connectivity index (χ4v) is 1.24. The molecule has 1 heterocycles. The summed E-state index contributed by atoms with van der Waals surface area (Å²) in [5.41, 5.74) is 0. The lowest BCUT2D eigenvalue weighted by molar-refractivity contribution is -0.131. The molecule has 0 aliphatic carbocycles. The molecule has 1 unspecified atom stereocenters. The minimum atomic E-state index is -1.01. The zero-order chi connectivity index (χ0) is 11.3. The summed E-state index contributed by atoms with van der Waals surface area (Å²) in [7, 11) is 0. The predicted octanol–water partition coefficient (Wildman–Crippen LogP) is 1.02. The van der Waals surface area contributed by atoms with Gasteiger partial charge in [-0.1, -0.05) is 18.7 Å². The van der Waals surface area contributed by atoms with Gasteiger partial charge >= 0.3 is 12.1 Å². The lowest BCUT2D eigenvalue weighted by Crippen LogP contribution is -2.50. The molecule has 15 heavy (non-hydrogen) atoms. The van der Waals surface area contributed by atoms with Crippen LogP contribution in [0.1, 0.15) is 6.42 Å². The quantitative estimate of drug-likeness (QED) is 0.557. The number of rotatable bonds is 4. The van der Waals surface area contributed by atoms with Crippen LogP contribution in [0.15, 0.2) is 24.8 Å². The van der Waals surface area contributed by atoms with E-state index in [0.717, 1.165) is 12.5 Å². The Balaban J connectivity index is 2.40.